The molecule has 1 saturated heterocycles. The molecule has 1 amide bonds. The Morgan fingerprint density at radius 2 is 1.70 bits per heavy atom. The number of aliphatic imine (C=N–C) groups is 1. The monoisotopic (exact) mass is 447 g/mol. The van der Waals surface area contributed by atoms with E-state index in [4.69, 9.17) is 0 Å². The number of nitrogens with one attached hydrogen (secondary N) is 3. The number of nitrogens with zero attached hydrogens (tertiary/aromatic N) is 2. The van der Waals surface area contributed by atoms with Gasteiger partial charge in [-0.15, -0.1) is 0 Å². The van der Waals surface area contributed by atoms with E-state index in [1.165, 1.54) is 18.4 Å². The van der Waals surface area contributed by atoms with Crippen LogP contribution in [0, 0.1) is 5.92 Å². The molecule has 2 aliphatic rings. The summed E-state index contributed by atoms with van der Waals surface area (Å²) in [5.41, 5.74) is 3.38. The number of hydrogen-bond acceptors (Lipinski definition) is 3. The molecule has 0 aromatic heterocycles. The van der Waals surface area contributed by atoms with Crippen molar-refractivity contribution in [1.29, 1.82) is 0 Å². The van der Waals surface area contributed by atoms with E-state index in [2.05, 4.69) is 68.3 Å². The highest BCUT2D eigenvalue weighted by atomic mass is 16.1. The molecule has 4 rings (SSSR count). The predicted octanol–water partition coefficient (Wildman–Crippen LogP) is 4.14. The number of piperidine rings is 1. The third kappa shape index (κ3) is 7.06. The van der Waals surface area contributed by atoms with Crippen molar-refractivity contribution in [2.24, 2.45) is 10.9 Å². The van der Waals surface area contributed by atoms with Gasteiger partial charge in [0.2, 0.25) is 5.91 Å². The highest BCUT2D eigenvalue weighted by molar-refractivity contribution is 5.92. The normalized spacial score (nSPS) is 18.3. The van der Waals surface area contributed by atoms with Crippen molar-refractivity contribution >= 4 is 17.6 Å². The molecular formula is C27H37N5O. The van der Waals surface area contributed by atoms with Crippen LogP contribution < -0.4 is 16.0 Å². The molecule has 0 bridgehead atoms. The lowest BCUT2D eigenvalue weighted by Gasteiger charge is -2.33. The molecule has 6 nitrogen and oxygen atoms in total. The van der Waals surface area contributed by atoms with E-state index in [-0.39, 0.29) is 11.8 Å². The quantitative estimate of drug-likeness (QED) is 0.441. The minimum Gasteiger partial charge on any atom is -0.354 e. The zero-order chi connectivity index (χ0) is 22.9. The first-order valence-corrected chi connectivity index (χ1v) is 12.3. The van der Waals surface area contributed by atoms with Gasteiger partial charge in [-0.05, 0) is 48.9 Å². The smallest absolute Gasteiger partial charge is 0.227 e. The van der Waals surface area contributed by atoms with Crippen molar-refractivity contribution < 1.29 is 4.79 Å². The Morgan fingerprint density at radius 3 is 2.42 bits per heavy atom. The van der Waals surface area contributed by atoms with Crippen LogP contribution in [0.5, 0.6) is 0 Å². The summed E-state index contributed by atoms with van der Waals surface area (Å²) in [7, 11) is 1.82. The van der Waals surface area contributed by atoms with Crippen LogP contribution in [0.2, 0.25) is 0 Å². The first kappa shape index (κ1) is 23.3. The fourth-order valence-corrected chi connectivity index (χ4v) is 4.84. The van der Waals surface area contributed by atoms with Gasteiger partial charge < -0.3 is 16.0 Å². The van der Waals surface area contributed by atoms with Crippen molar-refractivity contribution in [1.82, 2.24) is 15.5 Å². The molecule has 33 heavy (non-hydrogen) atoms. The van der Waals surface area contributed by atoms with Gasteiger partial charge in [-0.2, -0.15) is 0 Å². The predicted molar refractivity (Wildman–Crippen MR) is 135 cm³/mol. The molecule has 1 heterocycles. The Labute approximate surface area is 197 Å². The molecule has 2 aromatic rings. The number of hydrogen-bond donors (Lipinski definition) is 3. The van der Waals surface area contributed by atoms with E-state index < -0.39 is 0 Å². The van der Waals surface area contributed by atoms with Gasteiger partial charge in [0.05, 0.1) is 0 Å². The number of carbonyl (C=O) groups excluding carboxylic acids is 1. The van der Waals surface area contributed by atoms with Gasteiger partial charge in [-0.1, -0.05) is 55.3 Å². The number of likely N-dealkylation sites (tertiary alicyclic amines) is 1. The minimum atomic E-state index is 0.161. The minimum absolute atomic E-state index is 0.161. The molecule has 6 heteroatoms. The Hall–Kier alpha value is -2.86. The summed E-state index contributed by atoms with van der Waals surface area (Å²) in [6, 6.07) is 19.2. The standard InChI is InChI=1S/C27H37N5O/c1-28-27(31-24-14-16-32(17-15-24)20-21-8-3-2-4-9-21)29-19-22-10-7-13-25(18-22)30-26(33)23-11-5-6-12-23/h2-4,7-10,13,18,23-24H,5-6,11-12,14-17,19-20H2,1H3,(H,30,33)(H2,28,29,31). The van der Waals surface area contributed by atoms with Crippen LogP contribution >= 0.6 is 0 Å². The topological polar surface area (TPSA) is 68.8 Å². The second-order valence-corrected chi connectivity index (χ2v) is 9.28. The summed E-state index contributed by atoms with van der Waals surface area (Å²) in [5.74, 6) is 1.17. The lowest BCUT2D eigenvalue weighted by molar-refractivity contribution is -0.119. The fourth-order valence-electron chi connectivity index (χ4n) is 4.84. The molecule has 1 saturated carbocycles. The van der Waals surface area contributed by atoms with E-state index >= 15 is 0 Å². The molecular weight excluding hydrogens is 410 g/mol. The van der Waals surface area contributed by atoms with Crippen LogP contribution in [0.4, 0.5) is 5.69 Å². The largest absolute Gasteiger partial charge is 0.354 e. The summed E-state index contributed by atoms with van der Waals surface area (Å²) < 4.78 is 0. The van der Waals surface area contributed by atoms with Gasteiger partial charge in [0, 0.05) is 50.9 Å². The summed E-state index contributed by atoms with van der Waals surface area (Å²) >= 11 is 0. The summed E-state index contributed by atoms with van der Waals surface area (Å²) in [4.78, 5) is 19.4. The van der Waals surface area contributed by atoms with Crippen molar-refractivity contribution in [3.8, 4) is 0 Å². The van der Waals surface area contributed by atoms with Crippen LogP contribution in [0.15, 0.2) is 59.6 Å². The number of carbonyl (C=O) groups is 1. The molecule has 1 aliphatic heterocycles. The maximum atomic E-state index is 12.4. The second-order valence-electron chi connectivity index (χ2n) is 9.28. The van der Waals surface area contributed by atoms with Crippen LogP contribution in [-0.2, 0) is 17.9 Å². The maximum Gasteiger partial charge on any atom is 0.227 e. The van der Waals surface area contributed by atoms with E-state index in [0.717, 1.165) is 62.5 Å². The molecule has 0 radical (unpaired) electrons. The number of benzene rings is 2. The summed E-state index contributed by atoms with van der Waals surface area (Å²) in [6.45, 7) is 3.87. The highest BCUT2D eigenvalue weighted by Crippen LogP contribution is 2.26. The van der Waals surface area contributed by atoms with Gasteiger partial charge in [0.1, 0.15) is 0 Å². The Bertz CT molecular complexity index is 915. The van der Waals surface area contributed by atoms with Crippen molar-refractivity contribution in [2.75, 3.05) is 25.5 Å². The molecule has 3 N–H and O–H groups in total. The lowest BCUT2D eigenvalue weighted by Crippen LogP contribution is -2.48. The fraction of sp³-hybridized carbons (Fsp3) is 0.481. The van der Waals surface area contributed by atoms with Crippen LogP contribution in [0.3, 0.4) is 0 Å². The summed E-state index contributed by atoms with van der Waals surface area (Å²) in [5, 5.41) is 10.1. The number of rotatable bonds is 7. The highest BCUT2D eigenvalue weighted by Gasteiger charge is 2.23. The van der Waals surface area contributed by atoms with Crippen molar-refractivity contribution in [3.63, 3.8) is 0 Å². The first-order chi connectivity index (χ1) is 16.2. The average Bonchev–Trinajstić information content (AvgIpc) is 3.39. The molecule has 176 valence electrons. The Kier molecular flexibility index (Phi) is 8.36. The third-order valence-corrected chi connectivity index (χ3v) is 6.78. The number of guanidine groups is 1. The SMILES string of the molecule is CN=C(NCc1cccc(NC(=O)C2CCCC2)c1)NC1CCN(Cc2ccccc2)CC1. The van der Waals surface area contributed by atoms with Crippen LogP contribution in [0.1, 0.15) is 49.7 Å². The van der Waals surface area contributed by atoms with E-state index in [0.29, 0.717) is 12.6 Å². The molecule has 0 atom stereocenters. The van der Waals surface area contributed by atoms with E-state index in [1.807, 2.05) is 19.2 Å². The van der Waals surface area contributed by atoms with Crippen LogP contribution in [0.25, 0.3) is 0 Å². The Morgan fingerprint density at radius 1 is 0.970 bits per heavy atom. The maximum absolute atomic E-state index is 12.4. The lowest BCUT2D eigenvalue weighted by atomic mass is 10.0. The van der Waals surface area contributed by atoms with Gasteiger partial charge in [0.25, 0.3) is 0 Å². The van der Waals surface area contributed by atoms with E-state index in [1.54, 1.807) is 0 Å². The third-order valence-electron chi connectivity index (χ3n) is 6.78. The zero-order valence-corrected chi connectivity index (χ0v) is 19.7. The van der Waals surface area contributed by atoms with Gasteiger partial charge >= 0.3 is 0 Å². The average molecular weight is 448 g/mol. The summed E-state index contributed by atoms with van der Waals surface area (Å²) in [6.07, 6.45) is 6.58. The van der Waals surface area contributed by atoms with Gasteiger partial charge in [-0.3, -0.25) is 14.7 Å². The Balaban J connectivity index is 1.21. The number of amides is 1. The van der Waals surface area contributed by atoms with Crippen LogP contribution in [-0.4, -0.2) is 42.9 Å². The zero-order valence-electron chi connectivity index (χ0n) is 19.7. The molecule has 1 aliphatic carbocycles. The molecule has 2 fully saturated rings. The molecule has 0 spiro atoms. The molecule has 0 unspecified atom stereocenters. The van der Waals surface area contributed by atoms with Crippen molar-refractivity contribution in [3.05, 3.63) is 65.7 Å². The second kappa shape index (κ2) is 11.8. The van der Waals surface area contributed by atoms with Crippen molar-refractivity contribution in [2.45, 2.75) is 57.7 Å². The molecule has 2 aromatic carbocycles. The van der Waals surface area contributed by atoms with Gasteiger partial charge in [-0.25, -0.2) is 0 Å². The first-order valence-electron chi connectivity index (χ1n) is 12.3. The van der Waals surface area contributed by atoms with E-state index in [9.17, 15) is 4.79 Å². The number of anilines is 1. The van der Waals surface area contributed by atoms with Gasteiger partial charge in [0.15, 0.2) is 5.96 Å².